The molecule has 29 heavy (non-hydrogen) atoms. The quantitative estimate of drug-likeness (QED) is 0.487. The molecule has 154 valence electrons. The first-order valence-electron chi connectivity index (χ1n) is 9.86. The van der Waals surface area contributed by atoms with Crippen LogP contribution in [0.3, 0.4) is 0 Å². The van der Waals surface area contributed by atoms with E-state index < -0.39 is 0 Å². The van der Waals surface area contributed by atoms with Gasteiger partial charge in [-0.05, 0) is 72.8 Å². The number of benzene rings is 2. The lowest BCUT2D eigenvalue weighted by atomic mass is 9.79. The van der Waals surface area contributed by atoms with Crippen LogP contribution in [0.1, 0.15) is 61.5 Å². The van der Waals surface area contributed by atoms with Gasteiger partial charge in [-0.1, -0.05) is 19.1 Å². The Labute approximate surface area is 181 Å². The zero-order valence-electron chi connectivity index (χ0n) is 17.6. The lowest BCUT2D eigenvalue weighted by Gasteiger charge is -2.47. The van der Waals surface area contributed by atoms with Gasteiger partial charge in [-0.3, -0.25) is 4.79 Å². The van der Waals surface area contributed by atoms with Crippen molar-refractivity contribution >= 4 is 33.7 Å². The molecule has 1 heterocycles. The van der Waals surface area contributed by atoms with E-state index in [1.807, 2.05) is 18.2 Å². The molecule has 0 aromatic heterocycles. The Morgan fingerprint density at radius 2 is 2.10 bits per heavy atom. The SMILES string of the molecule is CCN1c2cc(OC)c(/C=N\NC(=O)c3ccccc3Br)cc2C(C)CC1(C)C. The van der Waals surface area contributed by atoms with Gasteiger partial charge in [0.15, 0.2) is 0 Å². The van der Waals surface area contributed by atoms with Crippen molar-refractivity contribution in [2.45, 2.75) is 45.6 Å². The summed E-state index contributed by atoms with van der Waals surface area (Å²) in [4.78, 5) is 14.8. The van der Waals surface area contributed by atoms with E-state index >= 15 is 0 Å². The fourth-order valence-electron chi connectivity index (χ4n) is 4.27. The second-order valence-electron chi connectivity index (χ2n) is 7.99. The molecule has 0 aliphatic carbocycles. The van der Waals surface area contributed by atoms with Crippen LogP contribution in [0.4, 0.5) is 5.69 Å². The van der Waals surface area contributed by atoms with Crippen LogP contribution in [0.15, 0.2) is 46.0 Å². The summed E-state index contributed by atoms with van der Waals surface area (Å²) in [5, 5.41) is 4.17. The summed E-state index contributed by atoms with van der Waals surface area (Å²) in [7, 11) is 1.66. The number of carbonyl (C=O) groups excluding carboxylic acids is 1. The van der Waals surface area contributed by atoms with Crippen LogP contribution in [0.25, 0.3) is 0 Å². The minimum absolute atomic E-state index is 0.0961. The fraction of sp³-hybridized carbons (Fsp3) is 0.391. The third kappa shape index (κ3) is 4.32. The van der Waals surface area contributed by atoms with Crippen LogP contribution < -0.4 is 15.1 Å². The Morgan fingerprint density at radius 1 is 1.38 bits per heavy atom. The summed E-state index contributed by atoms with van der Waals surface area (Å²) < 4.78 is 6.36. The number of rotatable bonds is 5. The standard InChI is InChI=1S/C23H28BrN3O2/c1-6-27-20-12-21(29-5)16(11-18(20)15(2)13-23(27,3)4)14-25-26-22(28)17-9-7-8-10-19(17)24/h7-12,14-15H,6,13H2,1-5H3,(H,26,28)/b25-14-. The number of hydrazone groups is 1. The normalized spacial score (nSPS) is 17.9. The number of ether oxygens (including phenoxy) is 1. The third-order valence-electron chi connectivity index (χ3n) is 5.54. The van der Waals surface area contributed by atoms with Crippen molar-refractivity contribution in [3.8, 4) is 5.75 Å². The lowest BCUT2D eigenvalue weighted by Crippen LogP contribution is -2.48. The molecule has 2 aromatic rings. The second-order valence-corrected chi connectivity index (χ2v) is 8.85. The highest BCUT2D eigenvalue weighted by Crippen LogP contribution is 2.45. The summed E-state index contributed by atoms with van der Waals surface area (Å²) in [6.07, 6.45) is 2.73. The zero-order valence-corrected chi connectivity index (χ0v) is 19.2. The molecular formula is C23H28BrN3O2. The summed E-state index contributed by atoms with van der Waals surface area (Å²) in [6.45, 7) is 9.95. The van der Waals surface area contributed by atoms with Crippen LogP contribution in [-0.2, 0) is 0 Å². The molecule has 1 N–H and O–H groups in total. The van der Waals surface area contributed by atoms with Gasteiger partial charge in [-0.25, -0.2) is 5.43 Å². The Morgan fingerprint density at radius 3 is 2.76 bits per heavy atom. The van der Waals surface area contributed by atoms with Crippen LogP contribution in [0, 0.1) is 0 Å². The lowest BCUT2D eigenvalue weighted by molar-refractivity contribution is 0.0954. The van der Waals surface area contributed by atoms with Gasteiger partial charge in [-0.15, -0.1) is 0 Å². The molecular weight excluding hydrogens is 430 g/mol. The van der Waals surface area contributed by atoms with Gasteiger partial charge in [0.2, 0.25) is 0 Å². The first kappa shape index (κ1) is 21.4. The molecule has 6 heteroatoms. The predicted molar refractivity (Wildman–Crippen MR) is 122 cm³/mol. The molecule has 1 aliphatic rings. The summed E-state index contributed by atoms with van der Waals surface area (Å²) in [5.74, 6) is 0.902. The number of amides is 1. The van der Waals surface area contributed by atoms with Crippen molar-refractivity contribution in [1.29, 1.82) is 0 Å². The van der Waals surface area contributed by atoms with Gasteiger partial charge in [0.1, 0.15) is 5.75 Å². The van der Waals surface area contributed by atoms with E-state index in [0.29, 0.717) is 11.5 Å². The van der Waals surface area contributed by atoms with E-state index in [1.54, 1.807) is 19.4 Å². The number of anilines is 1. The molecule has 0 saturated heterocycles. The molecule has 0 radical (unpaired) electrons. The topological polar surface area (TPSA) is 53.9 Å². The maximum Gasteiger partial charge on any atom is 0.272 e. The van der Waals surface area contributed by atoms with E-state index in [2.05, 4.69) is 71.2 Å². The molecule has 5 nitrogen and oxygen atoms in total. The van der Waals surface area contributed by atoms with Crippen molar-refractivity contribution in [3.63, 3.8) is 0 Å². The molecule has 0 bridgehead atoms. The number of hydrogen-bond acceptors (Lipinski definition) is 4. The van der Waals surface area contributed by atoms with Crippen molar-refractivity contribution in [2.24, 2.45) is 5.10 Å². The third-order valence-corrected chi connectivity index (χ3v) is 6.23. The molecule has 0 fully saturated rings. The van der Waals surface area contributed by atoms with Crippen LogP contribution in [-0.4, -0.2) is 31.3 Å². The largest absolute Gasteiger partial charge is 0.496 e. The molecule has 1 atom stereocenters. The Kier molecular flexibility index (Phi) is 6.32. The molecule has 0 spiro atoms. The second kappa shape index (κ2) is 8.57. The van der Waals surface area contributed by atoms with Crippen LogP contribution in [0.5, 0.6) is 5.75 Å². The van der Waals surface area contributed by atoms with Gasteiger partial charge in [-0.2, -0.15) is 5.10 Å². The molecule has 1 aliphatic heterocycles. The van der Waals surface area contributed by atoms with E-state index in [-0.39, 0.29) is 11.4 Å². The number of halogens is 1. The zero-order chi connectivity index (χ0) is 21.2. The summed E-state index contributed by atoms with van der Waals surface area (Å²) >= 11 is 3.39. The number of methoxy groups -OCH3 is 1. The maximum atomic E-state index is 12.4. The Hall–Kier alpha value is -2.34. The van der Waals surface area contributed by atoms with Crippen molar-refractivity contribution in [2.75, 3.05) is 18.6 Å². The average molecular weight is 458 g/mol. The minimum atomic E-state index is -0.266. The van der Waals surface area contributed by atoms with Gasteiger partial charge in [0.25, 0.3) is 5.91 Å². The monoisotopic (exact) mass is 457 g/mol. The summed E-state index contributed by atoms with van der Waals surface area (Å²) in [6, 6.07) is 11.5. The highest BCUT2D eigenvalue weighted by atomic mass is 79.9. The highest BCUT2D eigenvalue weighted by molar-refractivity contribution is 9.10. The van der Waals surface area contributed by atoms with Crippen molar-refractivity contribution in [1.82, 2.24) is 5.43 Å². The predicted octanol–water partition coefficient (Wildman–Crippen LogP) is 5.33. The number of carbonyl (C=O) groups is 1. The minimum Gasteiger partial charge on any atom is -0.496 e. The fourth-order valence-corrected chi connectivity index (χ4v) is 4.73. The van der Waals surface area contributed by atoms with Crippen LogP contribution in [0.2, 0.25) is 0 Å². The van der Waals surface area contributed by atoms with E-state index in [4.69, 9.17) is 4.74 Å². The van der Waals surface area contributed by atoms with E-state index in [9.17, 15) is 4.79 Å². The average Bonchev–Trinajstić information content (AvgIpc) is 2.67. The van der Waals surface area contributed by atoms with E-state index in [1.165, 1.54) is 11.3 Å². The van der Waals surface area contributed by atoms with Gasteiger partial charge in [0, 0.05) is 33.9 Å². The Balaban J connectivity index is 1.89. The first-order chi connectivity index (χ1) is 13.8. The number of nitrogens with zero attached hydrogens (tertiary/aromatic N) is 2. The van der Waals surface area contributed by atoms with Gasteiger partial charge < -0.3 is 9.64 Å². The summed E-state index contributed by atoms with van der Waals surface area (Å²) in [5.41, 5.74) is 6.57. The van der Waals surface area contributed by atoms with Crippen molar-refractivity contribution < 1.29 is 9.53 Å². The van der Waals surface area contributed by atoms with Crippen LogP contribution >= 0.6 is 15.9 Å². The molecule has 1 unspecified atom stereocenters. The highest BCUT2D eigenvalue weighted by Gasteiger charge is 2.36. The maximum absolute atomic E-state index is 12.4. The Bertz CT molecular complexity index is 940. The number of nitrogens with one attached hydrogen (secondary N) is 1. The van der Waals surface area contributed by atoms with Gasteiger partial charge >= 0.3 is 0 Å². The number of hydrogen-bond donors (Lipinski definition) is 1. The molecule has 0 saturated carbocycles. The first-order valence-corrected chi connectivity index (χ1v) is 10.6. The van der Waals surface area contributed by atoms with Gasteiger partial charge in [0.05, 0.1) is 18.9 Å². The smallest absolute Gasteiger partial charge is 0.272 e. The van der Waals surface area contributed by atoms with Crippen molar-refractivity contribution in [3.05, 3.63) is 57.6 Å². The molecule has 2 aromatic carbocycles. The number of fused-ring (bicyclic) bond motifs is 1. The van der Waals surface area contributed by atoms with E-state index in [0.717, 1.165) is 28.8 Å². The molecule has 1 amide bonds. The molecule has 3 rings (SSSR count).